The van der Waals surface area contributed by atoms with Crippen molar-refractivity contribution >= 4 is 17.9 Å². The number of ether oxygens (including phenoxy) is 2. The number of carbonyl (C=O) groups excluding carboxylic acids is 3. The lowest BCUT2D eigenvalue weighted by molar-refractivity contribution is -0.136. The van der Waals surface area contributed by atoms with Crippen molar-refractivity contribution in [3.8, 4) is 5.75 Å². The molecular formula is C17H16O6. The van der Waals surface area contributed by atoms with Crippen LogP contribution in [0, 0.1) is 5.92 Å². The van der Waals surface area contributed by atoms with E-state index in [4.69, 9.17) is 9.47 Å². The quantitative estimate of drug-likeness (QED) is 0.475. The van der Waals surface area contributed by atoms with Gasteiger partial charge in [0.2, 0.25) is 0 Å². The van der Waals surface area contributed by atoms with Gasteiger partial charge in [0.25, 0.3) is 0 Å². The van der Waals surface area contributed by atoms with Gasteiger partial charge in [-0.1, -0.05) is 30.4 Å². The molecule has 0 bridgehead atoms. The first-order valence-electron chi connectivity index (χ1n) is 6.75. The van der Waals surface area contributed by atoms with Gasteiger partial charge in [-0.05, 0) is 25.1 Å². The zero-order valence-electron chi connectivity index (χ0n) is 12.4. The van der Waals surface area contributed by atoms with Crippen molar-refractivity contribution in [1.29, 1.82) is 0 Å². The Balaban J connectivity index is 0.00000264. The summed E-state index contributed by atoms with van der Waals surface area (Å²) in [6.07, 6.45) is 6.31. The second kappa shape index (κ2) is 8.48. The number of carbonyl (C=O) groups is 2. The predicted octanol–water partition coefficient (Wildman–Crippen LogP) is 1.44. The van der Waals surface area contributed by atoms with E-state index >= 15 is 0 Å². The highest BCUT2D eigenvalue weighted by Gasteiger charge is 2.25. The highest BCUT2D eigenvalue weighted by Crippen LogP contribution is 2.23. The van der Waals surface area contributed by atoms with Crippen LogP contribution in [0.1, 0.15) is 17.3 Å². The number of esters is 2. The van der Waals surface area contributed by atoms with Crippen molar-refractivity contribution in [3.05, 3.63) is 59.7 Å². The maximum absolute atomic E-state index is 12.2. The van der Waals surface area contributed by atoms with Gasteiger partial charge in [0, 0.05) is 0 Å². The van der Waals surface area contributed by atoms with Gasteiger partial charge in [0.05, 0.1) is 12.2 Å². The van der Waals surface area contributed by atoms with Gasteiger partial charge in [-0.15, -0.1) is 0 Å². The van der Waals surface area contributed by atoms with Crippen molar-refractivity contribution in [2.75, 3.05) is 6.61 Å². The molecule has 6 nitrogen and oxygen atoms in total. The van der Waals surface area contributed by atoms with Crippen LogP contribution in [0.4, 0.5) is 0 Å². The van der Waals surface area contributed by atoms with Gasteiger partial charge in [0.15, 0.2) is 0 Å². The average molecular weight is 316 g/mol. The maximum Gasteiger partial charge on any atom is 0.341 e. The molecule has 0 fully saturated rings. The highest BCUT2D eigenvalue weighted by molar-refractivity contribution is 5.94. The molecule has 1 aromatic rings. The number of para-hydroxylation sites is 1. The Labute approximate surface area is 133 Å². The molecule has 1 unspecified atom stereocenters. The molecule has 0 saturated carbocycles. The second-order valence-corrected chi connectivity index (χ2v) is 4.42. The largest absolute Gasteiger partial charge is 0.462 e. The van der Waals surface area contributed by atoms with Crippen LogP contribution in [0.2, 0.25) is 0 Å². The van der Waals surface area contributed by atoms with E-state index in [1.807, 2.05) is 0 Å². The van der Waals surface area contributed by atoms with Gasteiger partial charge in [0.1, 0.15) is 23.2 Å². The molecule has 1 aliphatic rings. The molecule has 0 radical (unpaired) electrons. The van der Waals surface area contributed by atoms with Gasteiger partial charge >= 0.3 is 11.9 Å². The lowest BCUT2D eigenvalue weighted by Gasteiger charge is -2.14. The van der Waals surface area contributed by atoms with Gasteiger partial charge < -0.3 is 14.9 Å². The van der Waals surface area contributed by atoms with E-state index in [0.717, 1.165) is 0 Å². The zero-order valence-corrected chi connectivity index (χ0v) is 12.4. The first kappa shape index (κ1) is 18.1. The van der Waals surface area contributed by atoms with Crippen LogP contribution in [0.3, 0.4) is 0 Å². The van der Waals surface area contributed by atoms with Gasteiger partial charge in [-0.3, -0.25) is 4.79 Å². The molecule has 0 spiro atoms. The van der Waals surface area contributed by atoms with Crippen molar-refractivity contribution < 1.29 is 29.3 Å². The Morgan fingerprint density at radius 3 is 2.65 bits per heavy atom. The van der Waals surface area contributed by atoms with E-state index in [9.17, 15) is 14.4 Å². The molecule has 1 aromatic carbocycles. The number of rotatable bonds is 4. The Hall–Kier alpha value is -2.95. The highest BCUT2D eigenvalue weighted by atomic mass is 16.5. The summed E-state index contributed by atoms with van der Waals surface area (Å²) in [5.74, 6) is -0.254. The molecule has 2 N–H and O–H groups in total. The molecule has 1 aliphatic carbocycles. The van der Waals surface area contributed by atoms with Crippen LogP contribution < -0.4 is 4.74 Å². The third kappa shape index (κ3) is 4.26. The van der Waals surface area contributed by atoms with E-state index in [0.29, 0.717) is 0 Å². The summed E-state index contributed by atoms with van der Waals surface area (Å²) < 4.78 is 10.2. The molecule has 0 saturated heterocycles. The van der Waals surface area contributed by atoms with E-state index in [1.165, 1.54) is 24.3 Å². The fourth-order valence-electron chi connectivity index (χ4n) is 1.95. The molecule has 0 aromatic heterocycles. The van der Waals surface area contributed by atoms with Crippen LogP contribution in [0.5, 0.6) is 5.75 Å². The van der Waals surface area contributed by atoms with E-state index < -0.39 is 17.9 Å². The first-order valence-corrected chi connectivity index (χ1v) is 6.75. The summed E-state index contributed by atoms with van der Waals surface area (Å²) in [7, 11) is 0. The molecular weight excluding hydrogens is 300 g/mol. The Morgan fingerprint density at radius 2 is 1.96 bits per heavy atom. The predicted molar refractivity (Wildman–Crippen MR) is 82.6 cm³/mol. The third-order valence-electron chi connectivity index (χ3n) is 2.99. The van der Waals surface area contributed by atoms with E-state index in [1.54, 1.807) is 37.1 Å². The van der Waals surface area contributed by atoms with Crippen molar-refractivity contribution in [2.24, 2.45) is 5.92 Å². The van der Waals surface area contributed by atoms with E-state index in [-0.39, 0.29) is 29.0 Å². The van der Waals surface area contributed by atoms with Crippen molar-refractivity contribution in [2.45, 2.75) is 6.92 Å². The minimum Gasteiger partial charge on any atom is -0.462 e. The molecule has 0 aliphatic heterocycles. The molecule has 1 atom stereocenters. The van der Waals surface area contributed by atoms with Crippen LogP contribution in [-0.2, 0) is 14.3 Å². The summed E-state index contributed by atoms with van der Waals surface area (Å²) in [6, 6.07) is 6.28. The Morgan fingerprint density at radius 1 is 1.22 bits per heavy atom. The van der Waals surface area contributed by atoms with Gasteiger partial charge in [-0.25, -0.2) is 9.59 Å². The van der Waals surface area contributed by atoms with Crippen LogP contribution >= 0.6 is 0 Å². The molecule has 2 rings (SSSR count). The summed E-state index contributed by atoms with van der Waals surface area (Å²) in [6.45, 7) is 1.90. The fraction of sp³-hybridized carbons (Fsp3) is 0.176. The lowest BCUT2D eigenvalue weighted by atomic mass is 9.96. The normalized spacial score (nSPS) is 15.3. The molecule has 6 heteroatoms. The fourth-order valence-corrected chi connectivity index (χ4v) is 1.95. The number of hydrogen-bond donors (Lipinski definition) is 0. The van der Waals surface area contributed by atoms with Gasteiger partial charge in [-0.2, -0.15) is 0 Å². The lowest BCUT2D eigenvalue weighted by Crippen LogP contribution is -2.22. The summed E-state index contributed by atoms with van der Waals surface area (Å²) in [5, 5.41) is 0. The third-order valence-corrected chi connectivity index (χ3v) is 2.99. The number of hydrogen-bond acceptors (Lipinski definition) is 5. The number of benzene rings is 1. The van der Waals surface area contributed by atoms with Crippen LogP contribution in [0.15, 0.2) is 54.1 Å². The van der Waals surface area contributed by atoms with E-state index in [2.05, 4.69) is 0 Å². The smallest absolute Gasteiger partial charge is 0.341 e. The maximum atomic E-state index is 12.2. The second-order valence-electron chi connectivity index (χ2n) is 4.42. The zero-order chi connectivity index (χ0) is 15.9. The number of allylic oxidation sites excluding steroid dienone is 3. The minimum atomic E-state index is -0.835. The molecule has 0 heterocycles. The summed E-state index contributed by atoms with van der Waals surface area (Å²) in [4.78, 5) is 34.9. The Kier molecular flexibility index (Phi) is 6.68. The molecule has 23 heavy (non-hydrogen) atoms. The SMILES string of the molecule is CCOC(=O)c1ccccc1OC(=O)C1C=CC=CC1=C=O.O. The summed E-state index contributed by atoms with van der Waals surface area (Å²) >= 11 is 0. The standard InChI is InChI=1S/C17H14O5.H2O/c1-2-21-16(19)14-9-5-6-10-15(14)22-17(20)13-8-4-3-7-12(13)11-18;/h3-10,13H,2H2,1H3;1H2. The summed E-state index contributed by atoms with van der Waals surface area (Å²) in [5.41, 5.74) is 0.339. The monoisotopic (exact) mass is 316 g/mol. The topological polar surface area (TPSA) is 101 Å². The first-order chi connectivity index (χ1) is 10.7. The minimum absolute atomic E-state index is 0. The van der Waals surface area contributed by atoms with Crippen molar-refractivity contribution in [1.82, 2.24) is 0 Å². The van der Waals surface area contributed by atoms with Crippen LogP contribution in [-0.4, -0.2) is 30.0 Å². The molecule has 120 valence electrons. The van der Waals surface area contributed by atoms with Crippen LogP contribution in [0.25, 0.3) is 0 Å². The Bertz CT molecular complexity index is 695. The molecule has 0 amide bonds. The average Bonchev–Trinajstić information content (AvgIpc) is 2.55. The van der Waals surface area contributed by atoms with Crippen molar-refractivity contribution in [3.63, 3.8) is 0 Å².